The van der Waals surface area contributed by atoms with E-state index in [1.165, 1.54) is 38.1 Å². The second-order valence-corrected chi connectivity index (χ2v) is 5.86. The lowest BCUT2D eigenvalue weighted by molar-refractivity contribution is -0.288. The molecule has 0 fully saturated rings. The summed E-state index contributed by atoms with van der Waals surface area (Å²) in [4.78, 5) is 0. The monoisotopic (exact) mass is 346 g/mol. The van der Waals surface area contributed by atoms with Crippen LogP contribution in [0.15, 0.2) is 42.5 Å². The minimum absolute atomic E-state index is 0.0645. The summed E-state index contributed by atoms with van der Waals surface area (Å²) in [5, 5.41) is 0. The van der Waals surface area contributed by atoms with Crippen molar-refractivity contribution in [3.63, 3.8) is 0 Å². The Bertz CT molecular complexity index is 726. The fourth-order valence-corrected chi connectivity index (χ4v) is 2.92. The third-order valence-electron chi connectivity index (χ3n) is 4.34. The van der Waals surface area contributed by atoms with Gasteiger partial charge in [-0.25, -0.2) is 0 Å². The van der Waals surface area contributed by atoms with Gasteiger partial charge in [-0.3, -0.25) is 0 Å². The first-order valence-electron chi connectivity index (χ1n) is 7.20. The second-order valence-electron chi connectivity index (χ2n) is 5.86. The lowest BCUT2D eigenvalue weighted by Gasteiger charge is -2.39. The van der Waals surface area contributed by atoms with Gasteiger partial charge in [0.1, 0.15) is 0 Å². The Morgan fingerprint density at radius 3 is 1.62 bits per heavy atom. The van der Waals surface area contributed by atoms with E-state index in [0.717, 1.165) is 18.2 Å². The van der Waals surface area contributed by atoms with Gasteiger partial charge in [-0.15, -0.1) is 0 Å². The van der Waals surface area contributed by atoms with Gasteiger partial charge < -0.3 is 0 Å². The number of alkyl halides is 6. The number of hydrogen-bond acceptors (Lipinski definition) is 0. The molecule has 2 aromatic carbocycles. The summed E-state index contributed by atoms with van der Waals surface area (Å²) < 4.78 is 83.6. The van der Waals surface area contributed by atoms with Crippen LogP contribution >= 0.6 is 0 Å². The van der Waals surface area contributed by atoms with Gasteiger partial charge in [-0.2, -0.15) is 26.3 Å². The molecule has 2 aromatic rings. The van der Waals surface area contributed by atoms with Crippen LogP contribution < -0.4 is 0 Å². The van der Waals surface area contributed by atoms with Crippen LogP contribution in [0.5, 0.6) is 0 Å². The number of rotatable bonds is 2. The number of aryl methyl sites for hydroxylation is 3. The van der Waals surface area contributed by atoms with Gasteiger partial charge in [0.05, 0.1) is 0 Å². The molecule has 0 spiro atoms. The summed E-state index contributed by atoms with van der Waals surface area (Å²) >= 11 is 0. The predicted octanol–water partition coefficient (Wildman–Crippen LogP) is 6.02. The van der Waals surface area contributed by atoms with Gasteiger partial charge >= 0.3 is 12.4 Å². The van der Waals surface area contributed by atoms with Crippen molar-refractivity contribution in [3.8, 4) is 0 Å². The zero-order valence-electron chi connectivity index (χ0n) is 13.3. The van der Waals surface area contributed by atoms with E-state index in [1.807, 2.05) is 0 Å². The van der Waals surface area contributed by atoms with E-state index >= 15 is 0 Å². The Morgan fingerprint density at radius 2 is 1.17 bits per heavy atom. The van der Waals surface area contributed by atoms with Crippen molar-refractivity contribution in [3.05, 3.63) is 70.3 Å². The van der Waals surface area contributed by atoms with Crippen molar-refractivity contribution >= 4 is 0 Å². The van der Waals surface area contributed by atoms with Gasteiger partial charge in [0.25, 0.3) is 0 Å². The van der Waals surface area contributed by atoms with E-state index in [0.29, 0.717) is 11.1 Å². The zero-order chi connectivity index (χ0) is 18.3. The van der Waals surface area contributed by atoms with E-state index < -0.39 is 28.9 Å². The van der Waals surface area contributed by atoms with Crippen LogP contribution in [0.25, 0.3) is 0 Å². The molecular weight excluding hydrogens is 330 g/mol. The Kier molecular flexibility index (Phi) is 4.46. The standard InChI is InChI=1S/C18H16F6/c1-11-8-9-14(10-13(11)3)16(17(19,20)21,18(22,23)24)15-7-5-4-6-12(15)2/h4-10H,1-3H3. The van der Waals surface area contributed by atoms with Crippen LogP contribution in [0.3, 0.4) is 0 Å². The van der Waals surface area contributed by atoms with Gasteiger partial charge in [-0.05, 0) is 48.6 Å². The topological polar surface area (TPSA) is 0 Å². The molecule has 6 heteroatoms. The molecule has 0 aliphatic heterocycles. The van der Waals surface area contributed by atoms with Gasteiger partial charge in [0.2, 0.25) is 5.41 Å². The summed E-state index contributed by atoms with van der Waals surface area (Å²) in [7, 11) is 0. The Hall–Kier alpha value is -1.98. The molecule has 0 radical (unpaired) electrons. The normalized spacial score (nSPS) is 13.2. The molecule has 0 bridgehead atoms. The third-order valence-corrected chi connectivity index (χ3v) is 4.34. The van der Waals surface area contributed by atoms with Crippen LogP contribution in [0.4, 0.5) is 26.3 Å². The van der Waals surface area contributed by atoms with Crippen molar-refractivity contribution in [1.29, 1.82) is 0 Å². The van der Waals surface area contributed by atoms with Crippen LogP contribution in [0.1, 0.15) is 27.8 Å². The fraction of sp³-hybridized carbons (Fsp3) is 0.333. The average molecular weight is 346 g/mol. The minimum atomic E-state index is -5.54. The summed E-state index contributed by atoms with van der Waals surface area (Å²) in [5.74, 6) is 0. The van der Waals surface area contributed by atoms with Crippen molar-refractivity contribution in [2.75, 3.05) is 0 Å². The molecule has 2 rings (SSSR count). The van der Waals surface area contributed by atoms with Crippen molar-refractivity contribution in [2.45, 2.75) is 38.5 Å². The molecule has 0 amide bonds. The molecular formula is C18H16F6. The first-order valence-corrected chi connectivity index (χ1v) is 7.20. The van der Waals surface area contributed by atoms with Crippen molar-refractivity contribution in [1.82, 2.24) is 0 Å². The third kappa shape index (κ3) is 2.68. The molecule has 0 saturated carbocycles. The molecule has 130 valence electrons. The maximum Gasteiger partial charge on any atom is 0.411 e. The molecule has 24 heavy (non-hydrogen) atoms. The molecule has 0 heterocycles. The highest BCUT2D eigenvalue weighted by molar-refractivity contribution is 5.49. The molecule has 0 aromatic heterocycles. The SMILES string of the molecule is Cc1ccc(C(c2ccccc2C)(C(F)(F)F)C(F)(F)F)cc1C. The molecule has 0 aliphatic carbocycles. The summed E-state index contributed by atoms with van der Waals surface area (Å²) in [5.41, 5.74) is -4.75. The Balaban J connectivity index is 2.98. The molecule has 0 N–H and O–H groups in total. The molecule has 0 saturated heterocycles. The number of hydrogen-bond donors (Lipinski definition) is 0. The van der Waals surface area contributed by atoms with Gasteiger partial charge in [0.15, 0.2) is 0 Å². The zero-order valence-corrected chi connectivity index (χ0v) is 13.3. The van der Waals surface area contributed by atoms with Gasteiger partial charge in [-0.1, -0.05) is 42.5 Å². The van der Waals surface area contributed by atoms with E-state index in [2.05, 4.69) is 0 Å². The molecule has 0 atom stereocenters. The van der Waals surface area contributed by atoms with Crippen molar-refractivity contribution in [2.24, 2.45) is 0 Å². The van der Waals surface area contributed by atoms with E-state index in [9.17, 15) is 26.3 Å². The highest BCUT2D eigenvalue weighted by Crippen LogP contribution is 2.56. The second kappa shape index (κ2) is 5.83. The number of halogens is 6. The van der Waals surface area contributed by atoms with Crippen LogP contribution in [0, 0.1) is 20.8 Å². The average Bonchev–Trinajstić information content (AvgIpc) is 2.42. The largest absolute Gasteiger partial charge is 0.411 e. The molecule has 0 unspecified atom stereocenters. The highest BCUT2D eigenvalue weighted by Gasteiger charge is 2.72. The lowest BCUT2D eigenvalue weighted by atomic mass is 9.71. The quantitative estimate of drug-likeness (QED) is 0.583. The molecule has 0 aliphatic rings. The smallest absolute Gasteiger partial charge is 0.169 e. The van der Waals surface area contributed by atoms with Crippen LogP contribution in [-0.4, -0.2) is 12.4 Å². The van der Waals surface area contributed by atoms with Crippen LogP contribution in [0.2, 0.25) is 0 Å². The summed E-state index contributed by atoms with van der Waals surface area (Å²) in [6.45, 7) is 4.38. The Labute approximate surface area is 136 Å². The Morgan fingerprint density at radius 1 is 0.625 bits per heavy atom. The van der Waals surface area contributed by atoms with E-state index in [-0.39, 0.29) is 5.56 Å². The molecule has 0 nitrogen and oxygen atoms in total. The highest BCUT2D eigenvalue weighted by atomic mass is 19.4. The van der Waals surface area contributed by atoms with E-state index in [4.69, 9.17) is 0 Å². The number of benzene rings is 2. The fourth-order valence-electron chi connectivity index (χ4n) is 2.92. The summed E-state index contributed by atoms with van der Waals surface area (Å²) in [6.07, 6.45) is -11.1. The maximum atomic E-state index is 13.9. The predicted molar refractivity (Wildman–Crippen MR) is 80.0 cm³/mol. The lowest BCUT2D eigenvalue weighted by Crippen LogP contribution is -2.55. The van der Waals surface area contributed by atoms with Crippen LogP contribution in [-0.2, 0) is 5.41 Å². The van der Waals surface area contributed by atoms with Gasteiger partial charge in [0, 0.05) is 0 Å². The minimum Gasteiger partial charge on any atom is -0.169 e. The van der Waals surface area contributed by atoms with Crippen molar-refractivity contribution < 1.29 is 26.3 Å². The van der Waals surface area contributed by atoms with E-state index in [1.54, 1.807) is 6.92 Å². The first kappa shape index (κ1) is 18.4. The maximum absolute atomic E-state index is 13.9. The first-order chi connectivity index (χ1) is 10.9. The summed E-state index contributed by atoms with van der Waals surface area (Å²) in [6, 6.07) is 7.92.